The van der Waals surface area contributed by atoms with Gasteiger partial charge in [0.1, 0.15) is 30.2 Å². The molecule has 0 aliphatic heterocycles. The fraction of sp³-hybridized carbons (Fsp3) is 0.824. The lowest BCUT2D eigenvalue weighted by molar-refractivity contribution is -0.160. The first kappa shape index (κ1) is 26.7. The quantitative estimate of drug-likeness (QED) is 0.293. The van der Waals surface area contributed by atoms with Gasteiger partial charge in [-0.2, -0.15) is 0 Å². The molecular formula is C17H34ClN3O5. The molecule has 0 aliphatic rings. The number of rotatable bonds is 8. The van der Waals surface area contributed by atoms with Gasteiger partial charge in [0.2, 0.25) is 0 Å². The van der Waals surface area contributed by atoms with Gasteiger partial charge >= 0.3 is 12.1 Å². The standard InChI is InChI=1S/C17H33N3O5.ClH/c1-8-23-19-12-20(15(22)25-17(5,6)7)13(10-9-11-18)14(21)24-16(2,3)4;/h12-13H,8-11,18H2,1-7H3;1H/b19-12+;/t13-;/m0./s1. The molecule has 0 heterocycles. The van der Waals surface area contributed by atoms with Crippen LogP contribution in [0.15, 0.2) is 5.16 Å². The van der Waals surface area contributed by atoms with Crippen LogP contribution in [0.5, 0.6) is 0 Å². The van der Waals surface area contributed by atoms with Gasteiger partial charge in [0.15, 0.2) is 0 Å². The van der Waals surface area contributed by atoms with Crippen molar-refractivity contribution in [1.82, 2.24) is 4.90 Å². The van der Waals surface area contributed by atoms with E-state index in [1.807, 2.05) is 0 Å². The Morgan fingerprint density at radius 1 is 1.12 bits per heavy atom. The van der Waals surface area contributed by atoms with Crippen LogP contribution in [0.2, 0.25) is 0 Å². The fourth-order valence-electron chi connectivity index (χ4n) is 1.78. The van der Waals surface area contributed by atoms with Gasteiger partial charge in [-0.25, -0.2) is 9.59 Å². The molecule has 0 saturated carbocycles. The van der Waals surface area contributed by atoms with E-state index >= 15 is 0 Å². The van der Waals surface area contributed by atoms with Crippen LogP contribution in [-0.4, -0.2) is 53.7 Å². The third kappa shape index (κ3) is 11.9. The lowest BCUT2D eigenvalue weighted by Gasteiger charge is -2.31. The van der Waals surface area contributed by atoms with Gasteiger partial charge in [-0.3, -0.25) is 4.90 Å². The van der Waals surface area contributed by atoms with Gasteiger partial charge in [-0.15, -0.1) is 12.4 Å². The first-order valence-electron chi connectivity index (χ1n) is 8.51. The number of nitrogens with two attached hydrogens (primary N) is 1. The third-order valence-corrected chi connectivity index (χ3v) is 2.68. The highest BCUT2D eigenvalue weighted by Gasteiger charge is 2.35. The predicted molar refractivity (Wildman–Crippen MR) is 103 cm³/mol. The number of esters is 1. The van der Waals surface area contributed by atoms with Crippen LogP contribution in [0, 0.1) is 0 Å². The molecule has 0 aromatic heterocycles. The van der Waals surface area contributed by atoms with Gasteiger partial charge in [0, 0.05) is 0 Å². The van der Waals surface area contributed by atoms with E-state index in [1.165, 1.54) is 0 Å². The molecule has 0 unspecified atom stereocenters. The molecular weight excluding hydrogens is 362 g/mol. The summed E-state index contributed by atoms with van der Waals surface area (Å²) in [6.45, 7) is 13.0. The van der Waals surface area contributed by atoms with Crippen molar-refractivity contribution in [2.24, 2.45) is 10.9 Å². The summed E-state index contributed by atoms with van der Waals surface area (Å²) < 4.78 is 10.8. The van der Waals surface area contributed by atoms with Gasteiger partial charge < -0.3 is 20.0 Å². The van der Waals surface area contributed by atoms with E-state index in [2.05, 4.69) is 5.16 Å². The zero-order valence-corrected chi connectivity index (χ0v) is 17.7. The molecule has 0 aromatic carbocycles. The molecule has 0 spiro atoms. The zero-order chi connectivity index (χ0) is 19.7. The third-order valence-electron chi connectivity index (χ3n) is 2.68. The van der Waals surface area contributed by atoms with E-state index in [-0.39, 0.29) is 12.4 Å². The molecule has 0 saturated heterocycles. The second kappa shape index (κ2) is 12.0. The van der Waals surface area contributed by atoms with Crippen LogP contribution < -0.4 is 5.73 Å². The lowest BCUT2D eigenvalue weighted by atomic mass is 10.1. The largest absolute Gasteiger partial charge is 0.458 e. The van der Waals surface area contributed by atoms with Gasteiger partial charge in [-0.05, 0) is 67.9 Å². The topological polar surface area (TPSA) is 103 Å². The smallest absolute Gasteiger partial charge is 0.416 e. The molecule has 0 aliphatic carbocycles. The van der Waals surface area contributed by atoms with Crippen LogP contribution in [0.4, 0.5) is 4.79 Å². The van der Waals surface area contributed by atoms with Crippen LogP contribution in [0.1, 0.15) is 61.3 Å². The maximum absolute atomic E-state index is 12.6. The molecule has 1 amide bonds. The van der Waals surface area contributed by atoms with Crippen molar-refractivity contribution in [3.8, 4) is 0 Å². The van der Waals surface area contributed by atoms with Crippen molar-refractivity contribution in [3.05, 3.63) is 0 Å². The zero-order valence-electron chi connectivity index (χ0n) is 16.9. The van der Waals surface area contributed by atoms with E-state index in [4.69, 9.17) is 20.0 Å². The maximum atomic E-state index is 12.6. The van der Waals surface area contributed by atoms with Crippen LogP contribution in [0.25, 0.3) is 0 Å². The highest BCUT2D eigenvalue weighted by Crippen LogP contribution is 2.17. The normalized spacial score (nSPS) is 12.9. The van der Waals surface area contributed by atoms with Crippen molar-refractivity contribution in [2.45, 2.75) is 78.6 Å². The number of carbonyl (C=O) groups is 2. The monoisotopic (exact) mass is 395 g/mol. The lowest BCUT2D eigenvalue weighted by Crippen LogP contribution is -2.48. The molecule has 0 aromatic rings. The van der Waals surface area contributed by atoms with E-state index in [0.29, 0.717) is 26.0 Å². The Hall–Kier alpha value is -1.54. The molecule has 0 bridgehead atoms. The number of carbonyl (C=O) groups excluding carboxylic acids is 2. The Morgan fingerprint density at radius 2 is 1.65 bits per heavy atom. The van der Waals surface area contributed by atoms with Crippen molar-refractivity contribution in [3.63, 3.8) is 0 Å². The number of hydrogen-bond donors (Lipinski definition) is 1. The molecule has 0 radical (unpaired) electrons. The summed E-state index contributed by atoms with van der Waals surface area (Å²) in [7, 11) is 0. The average Bonchev–Trinajstić information content (AvgIpc) is 2.41. The predicted octanol–water partition coefficient (Wildman–Crippen LogP) is 3.07. The molecule has 1 atom stereocenters. The SMILES string of the molecule is CCO/N=C/N(C(=O)OC(C)(C)C)[C@@H](CCCN)C(=O)OC(C)(C)C.Cl. The number of halogens is 1. The fourth-order valence-corrected chi connectivity index (χ4v) is 1.78. The van der Waals surface area contributed by atoms with Crippen LogP contribution >= 0.6 is 12.4 Å². The molecule has 0 fully saturated rings. The second-order valence-electron chi connectivity index (χ2n) is 7.51. The summed E-state index contributed by atoms with van der Waals surface area (Å²) >= 11 is 0. The summed E-state index contributed by atoms with van der Waals surface area (Å²) in [6.07, 6.45) is 1.31. The summed E-state index contributed by atoms with van der Waals surface area (Å²) in [5.74, 6) is -0.547. The first-order valence-corrected chi connectivity index (χ1v) is 8.51. The number of oxime groups is 1. The number of amides is 1. The number of nitrogens with zero attached hydrogens (tertiary/aromatic N) is 2. The average molecular weight is 396 g/mol. The molecule has 26 heavy (non-hydrogen) atoms. The molecule has 0 rings (SSSR count). The van der Waals surface area contributed by atoms with Crippen molar-refractivity contribution in [2.75, 3.05) is 13.2 Å². The number of hydrogen-bond acceptors (Lipinski definition) is 7. The highest BCUT2D eigenvalue weighted by atomic mass is 35.5. The van der Waals surface area contributed by atoms with Crippen LogP contribution in [-0.2, 0) is 19.1 Å². The Kier molecular flexibility index (Phi) is 12.3. The summed E-state index contributed by atoms with van der Waals surface area (Å²) in [5.41, 5.74) is 4.15. The van der Waals surface area contributed by atoms with Crippen LogP contribution in [0.3, 0.4) is 0 Å². The minimum atomic E-state index is -0.901. The van der Waals surface area contributed by atoms with Gasteiger partial charge in [0.05, 0.1) is 0 Å². The summed E-state index contributed by atoms with van der Waals surface area (Å²) in [4.78, 5) is 31.2. The molecule has 2 N–H and O–H groups in total. The minimum absolute atomic E-state index is 0. The molecule has 9 heteroatoms. The number of ether oxygens (including phenoxy) is 2. The first-order chi connectivity index (χ1) is 11.4. The Bertz CT molecular complexity index is 458. The summed E-state index contributed by atoms with van der Waals surface area (Å²) in [6, 6.07) is -0.901. The van der Waals surface area contributed by atoms with Crippen molar-refractivity contribution >= 4 is 30.8 Å². The second-order valence-corrected chi connectivity index (χ2v) is 7.51. The van der Waals surface area contributed by atoms with Gasteiger partial charge in [-0.1, -0.05) is 5.16 Å². The van der Waals surface area contributed by atoms with E-state index < -0.39 is 29.3 Å². The summed E-state index contributed by atoms with van der Waals surface area (Å²) in [5, 5.41) is 3.71. The maximum Gasteiger partial charge on any atom is 0.416 e. The van der Waals surface area contributed by atoms with Crippen molar-refractivity contribution < 1.29 is 23.9 Å². The Balaban J connectivity index is 0. The Labute approximate surface area is 162 Å². The Morgan fingerprint density at radius 3 is 2.08 bits per heavy atom. The van der Waals surface area contributed by atoms with E-state index in [9.17, 15) is 9.59 Å². The minimum Gasteiger partial charge on any atom is -0.458 e. The van der Waals surface area contributed by atoms with Gasteiger partial charge in [0.25, 0.3) is 0 Å². The highest BCUT2D eigenvalue weighted by molar-refractivity contribution is 5.90. The molecule has 8 nitrogen and oxygen atoms in total. The van der Waals surface area contributed by atoms with Crippen molar-refractivity contribution in [1.29, 1.82) is 0 Å². The molecule has 154 valence electrons. The van der Waals surface area contributed by atoms with E-state index in [1.54, 1.807) is 48.5 Å². The van der Waals surface area contributed by atoms with E-state index in [0.717, 1.165) is 11.2 Å².